The van der Waals surface area contributed by atoms with Crippen molar-refractivity contribution in [3.8, 4) is 11.5 Å². The topological polar surface area (TPSA) is 55.8 Å². The lowest BCUT2D eigenvalue weighted by molar-refractivity contribution is 0.110. The Hall–Kier alpha value is -1.77. The summed E-state index contributed by atoms with van der Waals surface area (Å²) in [6.45, 7) is 3.19. The predicted octanol–water partition coefficient (Wildman–Crippen LogP) is 4.46. The zero-order chi connectivity index (χ0) is 15.3. The molecule has 0 heterocycles. The van der Waals surface area contributed by atoms with E-state index in [0.717, 1.165) is 0 Å². The molecule has 5 heteroatoms. The largest absolute Gasteiger partial charge is 0.461 e. The van der Waals surface area contributed by atoms with Crippen molar-refractivity contribution in [3.63, 3.8) is 0 Å². The third-order valence-corrected chi connectivity index (χ3v) is 5.60. The van der Waals surface area contributed by atoms with Crippen LogP contribution in [0.25, 0.3) is 0 Å². The maximum atomic E-state index is 13.1. The first-order chi connectivity index (χ1) is 9.97. The van der Waals surface area contributed by atoms with Crippen molar-refractivity contribution in [2.24, 2.45) is 0 Å². The third-order valence-electron chi connectivity index (χ3n) is 3.20. The number of aliphatic hydroxyl groups is 1. The summed E-state index contributed by atoms with van der Waals surface area (Å²) in [6, 6.07) is 17.4. The number of para-hydroxylation sites is 2. The van der Waals surface area contributed by atoms with Crippen molar-refractivity contribution in [2.45, 2.75) is 25.6 Å². The molecule has 0 aliphatic rings. The van der Waals surface area contributed by atoms with Gasteiger partial charge in [-0.1, -0.05) is 43.3 Å². The SMILES string of the molecule is CCC(C)(O)P(=O)(Oc1ccccc1)Oc1ccccc1. The Morgan fingerprint density at radius 1 is 0.952 bits per heavy atom. The molecule has 21 heavy (non-hydrogen) atoms. The summed E-state index contributed by atoms with van der Waals surface area (Å²) in [5.74, 6) is 0.788. The molecule has 2 aromatic rings. The van der Waals surface area contributed by atoms with Crippen molar-refractivity contribution in [1.29, 1.82) is 0 Å². The summed E-state index contributed by atoms with van der Waals surface area (Å²) in [7, 11) is -3.81. The van der Waals surface area contributed by atoms with E-state index in [1.807, 2.05) is 12.1 Å². The van der Waals surface area contributed by atoms with E-state index in [1.54, 1.807) is 55.5 Å². The molecule has 0 aliphatic heterocycles. The zero-order valence-corrected chi connectivity index (χ0v) is 13.0. The summed E-state index contributed by atoms with van der Waals surface area (Å²) in [5, 5.41) is 8.87. The Labute approximate surface area is 124 Å². The van der Waals surface area contributed by atoms with Gasteiger partial charge >= 0.3 is 7.60 Å². The lowest BCUT2D eigenvalue weighted by atomic mass is 10.3. The van der Waals surface area contributed by atoms with E-state index in [0.29, 0.717) is 11.5 Å². The van der Waals surface area contributed by atoms with E-state index in [9.17, 15) is 9.67 Å². The van der Waals surface area contributed by atoms with Crippen LogP contribution in [-0.2, 0) is 4.57 Å². The minimum atomic E-state index is -3.81. The summed E-state index contributed by atoms with van der Waals surface area (Å²) in [4.78, 5) is 0. The molecule has 0 amide bonds. The minimum Gasteiger partial charge on any atom is -0.414 e. The van der Waals surface area contributed by atoms with Gasteiger partial charge in [0.25, 0.3) is 0 Å². The first-order valence-corrected chi connectivity index (χ1v) is 8.33. The van der Waals surface area contributed by atoms with Crippen LogP contribution in [0.2, 0.25) is 0 Å². The average Bonchev–Trinajstić information content (AvgIpc) is 2.49. The van der Waals surface area contributed by atoms with Crippen molar-refractivity contribution in [2.75, 3.05) is 0 Å². The highest BCUT2D eigenvalue weighted by atomic mass is 31.2. The van der Waals surface area contributed by atoms with Crippen LogP contribution in [0.5, 0.6) is 11.5 Å². The zero-order valence-electron chi connectivity index (χ0n) is 12.1. The smallest absolute Gasteiger partial charge is 0.414 e. The maximum absolute atomic E-state index is 13.1. The molecule has 2 aromatic carbocycles. The first kappa shape index (κ1) is 15.6. The van der Waals surface area contributed by atoms with Gasteiger partial charge in [0, 0.05) is 0 Å². The van der Waals surface area contributed by atoms with Gasteiger partial charge in [-0.3, -0.25) is 0 Å². The molecule has 1 unspecified atom stereocenters. The van der Waals surface area contributed by atoms with Crippen LogP contribution in [0.15, 0.2) is 60.7 Å². The van der Waals surface area contributed by atoms with Gasteiger partial charge in [-0.25, -0.2) is 4.57 Å². The van der Waals surface area contributed by atoms with Crippen LogP contribution in [0.4, 0.5) is 0 Å². The van der Waals surface area contributed by atoms with Crippen molar-refractivity contribution in [3.05, 3.63) is 60.7 Å². The number of hydrogen-bond acceptors (Lipinski definition) is 4. The van der Waals surface area contributed by atoms with Crippen LogP contribution in [0.3, 0.4) is 0 Å². The van der Waals surface area contributed by atoms with E-state index in [-0.39, 0.29) is 6.42 Å². The van der Waals surface area contributed by atoms with Gasteiger partial charge in [0.2, 0.25) is 0 Å². The molecule has 0 saturated heterocycles. The van der Waals surface area contributed by atoms with Gasteiger partial charge in [0.15, 0.2) is 5.34 Å². The summed E-state index contributed by atoms with van der Waals surface area (Å²) >= 11 is 0. The van der Waals surface area contributed by atoms with Gasteiger partial charge in [0.05, 0.1) is 0 Å². The van der Waals surface area contributed by atoms with E-state index >= 15 is 0 Å². The first-order valence-electron chi connectivity index (χ1n) is 6.79. The van der Waals surface area contributed by atoms with Crippen LogP contribution in [-0.4, -0.2) is 10.4 Å². The molecule has 0 saturated carbocycles. The molecule has 2 rings (SSSR count). The second-order valence-electron chi connectivity index (χ2n) is 4.88. The highest BCUT2D eigenvalue weighted by Gasteiger charge is 2.48. The van der Waals surface area contributed by atoms with Gasteiger partial charge in [-0.15, -0.1) is 0 Å². The van der Waals surface area contributed by atoms with E-state index < -0.39 is 12.9 Å². The fourth-order valence-corrected chi connectivity index (χ4v) is 3.27. The average molecular weight is 306 g/mol. The summed E-state index contributed by atoms with van der Waals surface area (Å²) < 4.78 is 24.2. The third kappa shape index (κ3) is 3.66. The van der Waals surface area contributed by atoms with Gasteiger partial charge in [-0.2, -0.15) is 0 Å². The molecule has 1 atom stereocenters. The molecule has 0 bridgehead atoms. The lowest BCUT2D eigenvalue weighted by Crippen LogP contribution is -2.28. The lowest BCUT2D eigenvalue weighted by Gasteiger charge is -2.31. The van der Waals surface area contributed by atoms with E-state index in [1.165, 1.54) is 6.92 Å². The second-order valence-corrected chi connectivity index (χ2v) is 7.20. The maximum Gasteiger partial charge on any atom is 0.461 e. The highest BCUT2D eigenvalue weighted by Crippen LogP contribution is 2.59. The van der Waals surface area contributed by atoms with Crippen LogP contribution in [0, 0.1) is 0 Å². The summed E-state index contributed by atoms with van der Waals surface area (Å²) in [5.41, 5.74) is 0. The molecule has 0 aliphatic carbocycles. The fraction of sp³-hybridized carbons (Fsp3) is 0.250. The Morgan fingerprint density at radius 3 is 1.67 bits per heavy atom. The van der Waals surface area contributed by atoms with Crippen LogP contribution >= 0.6 is 7.60 Å². The molecule has 0 aromatic heterocycles. The molecule has 1 N–H and O–H groups in total. The second kappa shape index (κ2) is 6.33. The quantitative estimate of drug-likeness (QED) is 0.801. The normalized spacial score (nSPS) is 14.2. The molecule has 0 spiro atoms. The number of benzene rings is 2. The Morgan fingerprint density at radius 2 is 1.33 bits per heavy atom. The minimum absolute atomic E-state index is 0.240. The highest BCUT2D eigenvalue weighted by molar-refractivity contribution is 7.56. The molecule has 0 radical (unpaired) electrons. The number of rotatable bonds is 6. The van der Waals surface area contributed by atoms with Crippen LogP contribution < -0.4 is 9.05 Å². The van der Waals surface area contributed by atoms with E-state index in [4.69, 9.17) is 9.05 Å². The number of hydrogen-bond donors (Lipinski definition) is 1. The van der Waals surface area contributed by atoms with Crippen molar-refractivity contribution >= 4 is 7.60 Å². The van der Waals surface area contributed by atoms with Crippen LogP contribution in [0.1, 0.15) is 20.3 Å². The van der Waals surface area contributed by atoms with Gasteiger partial charge < -0.3 is 14.2 Å². The standard InChI is InChI=1S/C16H19O4P/c1-3-16(2,17)21(18,19-14-10-6-4-7-11-14)20-15-12-8-5-9-13-15/h4-13,17H,3H2,1-2H3. The molecule has 112 valence electrons. The Kier molecular flexibility index (Phi) is 4.71. The molecular formula is C16H19O4P. The molecular weight excluding hydrogens is 287 g/mol. The van der Waals surface area contributed by atoms with Gasteiger partial charge in [0.1, 0.15) is 11.5 Å². The Bertz CT molecular complexity index is 565. The molecule has 0 fully saturated rings. The predicted molar refractivity (Wildman–Crippen MR) is 82.7 cm³/mol. The van der Waals surface area contributed by atoms with Crippen molar-refractivity contribution < 1.29 is 18.7 Å². The van der Waals surface area contributed by atoms with E-state index in [2.05, 4.69) is 0 Å². The van der Waals surface area contributed by atoms with Crippen molar-refractivity contribution in [1.82, 2.24) is 0 Å². The fourth-order valence-electron chi connectivity index (χ4n) is 1.65. The monoisotopic (exact) mass is 306 g/mol. The Balaban J connectivity index is 2.33. The summed E-state index contributed by atoms with van der Waals surface area (Å²) in [6.07, 6.45) is 0.240. The molecule has 4 nitrogen and oxygen atoms in total. The van der Waals surface area contributed by atoms with Gasteiger partial charge in [-0.05, 0) is 37.6 Å².